The van der Waals surface area contributed by atoms with Gasteiger partial charge in [0.2, 0.25) is 70.9 Å². The molecule has 3 N–H and O–H groups in total. The van der Waals surface area contributed by atoms with Crippen LogP contribution in [0.15, 0.2) is 0 Å². The Bertz CT molecular complexity index is 3100. The average molecular weight is 1530 g/mol. The van der Waals surface area contributed by atoms with Crippen LogP contribution in [0.5, 0.6) is 0 Å². The Labute approximate surface area is 638 Å². The molecule has 1 spiro atoms. The molecule has 8 aliphatic rings. The van der Waals surface area contributed by atoms with Gasteiger partial charge in [0, 0.05) is 74.3 Å². The molecule has 0 radical (unpaired) electrons. The van der Waals surface area contributed by atoms with Crippen LogP contribution < -0.4 is 16.0 Å². The summed E-state index contributed by atoms with van der Waals surface area (Å²) in [5, 5.41) is 7.88. The van der Waals surface area contributed by atoms with Gasteiger partial charge < -0.3 is 60.0 Å². The topological polar surface area (TPSA) is 270 Å². The zero-order chi connectivity index (χ0) is 78.4. The van der Waals surface area contributed by atoms with Crippen LogP contribution in [-0.4, -0.2) is 263 Å². The Morgan fingerprint density at radius 2 is 1.12 bits per heavy atom. The largest absolute Gasteiger partial charge is 0.393 e. The third kappa shape index (κ3) is 22.1. The Hall–Kier alpha value is -6.28. The van der Waals surface area contributed by atoms with Gasteiger partial charge in [-0.2, -0.15) is 13.2 Å². The number of carbonyl (C=O) groups is 12. The van der Waals surface area contributed by atoms with Gasteiger partial charge >= 0.3 is 6.18 Å². The maximum absolute atomic E-state index is 16.1. The summed E-state index contributed by atoms with van der Waals surface area (Å²) in [4.78, 5) is 195. The molecule has 0 bridgehead atoms. The van der Waals surface area contributed by atoms with E-state index in [1.165, 1.54) is 76.6 Å². The molecule has 24 nitrogen and oxygen atoms in total. The summed E-state index contributed by atoms with van der Waals surface area (Å²) in [5.74, 6) is -10.3. The minimum atomic E-state index is -4.51. The number of fused-ring (bicyclic) bond motifs is 1. The van der Waals surface area contributed by atoms with Crippen LogP contribution in [0.2, 0.25) is 0 Å². The molecule has 12 atom stereocenters. The van der Waals surface area contributed by atoms with Gasteiger partial charge in [0.25, 0.3) is 0 Å². The lowest BCUT2D eigenvalue weighted by molar-refractivity contribution is -0.182. The second-order valence-electron chi connectivity index (χ2n) is 34.0. The van der Waals surface area contributed by atoms with Gasteiger partial charge in [-0.1, -0.05) is 130 Å². The number of carbonyl (C=O) groups excluding carboxylic acids is 12. The molecular formula is C79H128ClF3N12O12. The quantitative estimate of drug-likeness (QED) is 0.156. The van der Waals surface area contributed by atoms with Crippen LogP contribution in [0.25, 0.3) is 0 Å². The van der Waals surface area contributed by atoms with Crippen molar-refractivity contribution >= 4 is 82.5 Å². The number of nitrogens with one attached hydrogen (secondary N) is 3. The number of likely N-dealkylation sites (tertiary alicyclic amines) is 1. The molecule has 3 aliphatic heterocycles. The predicted molar refractivity (Wildman–Crippen MR) is 400 cm³/mol. The SMILES string of the molecule is CC[C@H](C)[C@@H]1NC(=O)[C@H](CC(C)C)N(C)C(=O)C[C@@H](C(=O)N2CCCCC2)N(C)C(=O)[C@H](C2CCCCC2)N(C)C(=O)C2(CCCC2)NC(=O)[C@@H]2C[C@H](C3CCCCC3)CN2C(=O)[C@H](CCC2CCC(C(F)(F)F)C(Cl)C2)NC(=O)CN(C)C(=O)[C@H](CC2CCCCC2)N(C)C(=O)CN(C)C(=O)CN(C)C1=O. The minimum absolute atomic E-state index is 0.00684. The van der Waals surface area contributed by atoms with Gasteiger partial charge in [0.1, 0.15) is 47.8 Å². The summed E-state index contributed by atoms with van der Waals surface area (Å²) in [6.45, 7) is 6.69. The number of likely N-dealkylation sites (N-methyl/N-ethyl adjacent to an activating group) is 7. The van der Waals surface area contributed by atoms with Crippen molar-refractivity contribution in [3.05, 3.63) is 0 Å². The monoisotopic (exact) mass is 1530 g/mol. The first-order valence-electron chi connectivity index (χ1n) is 40.7. The smallest absolute Gasteiger partial charge is 0.343 e. The molecule has 5 saturated carbocycles. The molecule has 3 unspecified atom stereocenters. The Morgan fingerprint density at radius 1 is 0.551 bits per heavy atom. The Kier molecular flexibility index (Phi) is 31.5. The maximum atomic E-state index is 16.1. The molecule has 0 aromatic carbocycles. The van der Waals surface area contributed by atoms with E-state index in [-0.39, 0.29) is 100 Å². The van der Waals surface area contributed by atoms with Crippen molar-refractivity contribution in [3.8, 4) is 0 Å². The number of rotatable bonds is 12. The van der Waals surface area contributed by atoms with Crippen LogP contribution in [0.4, 0.5) is 13.2 Å². The first-order chi connectivity index (χ1) is 50.7. The molecular weight excluding hydrogens is 1400 g/mol. The highest BCUT2D eigenvalue weighted by Gasteiger charge is 2.54. The number of halogens is 4. The van der Waals surface area contributed by atoms with Crippen molar-refractivity contribution < 1.29 is 70.7 Å². The van der Waals surface area contributed by atoms with E-state index in [1.807, 2.05) is 20.8 Å². The van der Waals surface area contributed by atoms with Crippen LogP contribution in [0.1, 0.15) is 233 Å². The van der Waals surface area contributed by atoms with Crippen LogP contribution >= 0.6 is 11.6 Å². The zero-order valence-corrected chi connectivity index (χ0v) is 66.8. The summed E-state index contributed by atoms with van der Waals surface area (Å²) in [7, 11) is 10.2. The standard InChI is InChI=1S/C79H128ClF3N12O12/c1-12-51(4)68-75(105)89(7)48-66(98)87(5)49-67(99)91(9)62(43-52-27-17-13-18-28-52)73(103)88(6)47-64(96)84-59(36-34-53-33-35-57(58(80)42-53)79(81,82)83)72(102)95-46-56(54-29-19-14-20-30-54)44-61(95)71(101)86-78(37-23-24-38-78)77(107)93(11)69(55-31-21-15-22-32-55)76(106)92(10)63(74(104)94-39-25-16-26-40-94)45-65(97)90(8)60(41-50(2)3)70(100)85-68/h50-63,68-69H,12-49H2,1-11H3,(H,84,96)(H,85,100)(H,86,101)/t51-,53?,56-,57?,58?,59-,60-,61-,62-,63-,68-,69-/m0/s1. The van der Waals surface area contributed by atoms with E-state index in [9.17, 15) is 37.1 Å². The minimum Gasteiger partial charge on any atom is -0.343 e. The van der Waals surface area contributed by atoms with E-state index in [2.05, 4.69) is 16.0 Å². The van der Waals surface area contributed by atoms with Gasteiger partial charge in [-0.05, 0) is 138 Å². The summed E-state index contributed by atoms with van der Waals surface area (Å²) >= 11 is 6.50. The Balaban J connectivity index is 1.20. The molecule has 8 rings (SSSR count). The van der Waals surface area contributed by atoms with Gasteiger partial charge in [-0.3, -0.25) is 57.5 Å². The number of hydrogen-bond acceptors (Lipinski definition) is 12. The van der Waals surface area contributed by atoms with E-state index < -0.39 is 174 Å². The lowest BCUT2D eigenvalue weighted by Crippen LogP contribution is -2.65. The summed E-state index contributed by atoms with van der Waals surface area (Å²) in [6.07, 6.45) is 12.4. The summed E-state index contributed by atoms with van der Waals surface area (Å²) in [6, 6.07) is -8.54. The molecule has 0 aromatic heterocycles. The van der Waals surface area contributed by atoms with Crippen molar-refractivity contribution in [2.75, 3.05) is 88.6 Å². The third-order valence-corrected chi connectivity index (χ3v) is 26.3. The molecule has 12 amide bonds. The molecule has 3 saturated heterocycles. The average Bonchev–Trinajstić information content (AvgIpc) is 1.71. The van der Waals surface area contributed by atoms with Crippen molar-refractivity contribution in [1.82, 2.24) is 60.0 Å². The second-order valence-corrected chi connectivity index (χ2v) is 34.5. The fourth-order valence-electron chi connectivity index (χ4n) is 18.8. The number of piperidine rings is 1. The van der Waals surface area contributed by atoms with Gasteiger partial charge in [-0.15, -0.1) is 11.6 Å². The van der Waals surface area contributed by atoms with E-state index in [1.54, 1.807) is 18.9 Å². The van der Waals surface area contributed by atoms with E-state index in [4.69, 9.17) is 11.6 Å². The van der Waals surface area contributed by atoms with E-state index in [0.29, 0.717) is 58.0 Å². The Morgan fingerprint density at radius 3 is 1.71 bits per heavy atom. The normalized spacial score (nSPS) is 30.7. The summed E-state index contributed by atoms with van der Waals surface area (Å²) < 4.78 is 42.6. The van der Waals surface area contributed by atoms with E-state index in [0.717, 1.165) is 94.8 Å². The molecule has 28 heteroatoms. The van der Waals surface area contributed by atoms with E-state index >= 15 is 33.6 Å². The zero-order valence-electron chi connectivity index (χ0n) is 66.0. The molecule has 107 heavy (non-hydrogen) atoms. The van der Waals surface area contributed by atoms with Crippen molar-refractivity contribution in [3.63, 3.8) is 0 Å². The fraction of sp³-hybridized carbons (Fsp3) is 0.848. The van der Waals surface area contributed by atoms with Crippen LogP contribution in [-0.2, 0) is 57.5 Å². The first kappa shape index (κ1) is 86.3. The van der Waals surface area contributed by atoms with Crippen molar-refractivity contribution in [1.29, 1.82) is 0 Å². The predicted octanol–water partition coefficient (Wildman–Crippen LogP) is 8.29. The van der Waals surface area contributed by atoms with Gasteiger partial charge in [-0.25, -0.2) is 0 Å². The highest BCUT2D eigenvalue weighted by molar-refractivity contribution is 6.21. The first-order valence-corrected chi connectivity index (χ1v) is 41.1. The molecule has 3 heterocycles. The number of hydrogen-bond donors (Lipinski definition) is 3. The van der Waals surface area contributed by atoms with Crippen LogP contribution in [0, 0.1) is 47.3 Å². The lowest BCUT2D eigenvalue weighted by atomic mass is 9.78. The molecule has 604 valence electrons. The highest BCUT2D eigenvalue weighted by Crippen LogP contribution is 2.45. The number of amides is 12. The number of nitrogens with zero attached hydrogens (tertiary/aromatic N) is 9. The van der Waals surface area contributed by atoms with Gasteiger partial charge in [0.05, 0.1) is 32.0 Å². The second kappa shape index (κ2) is 39.1. The third-order valence-electron chi connectivity index (χ3n) is 25.9. The molecule has 0 aromatic rings. The van der Waals surface area contributed by atoms with Crippen LogP contribution in [0.3, 0.4) is 0 Å². The van der Waals surface area contributed by atoms with Crippen molar-refractivity contribution in [2.24, 2.45) is 47.3 Å². The highest BCUT2D eigenvalue weighted by atomic mass is 35.5. The summed E-state index contributed by atoms with van der Waals surface area (Å²) in [5.41, 5.74) is -1.56. The fourth-order valence-corrected chi connectivity index (χ4v) is 19.4. The lowest BCUT2D eigenvalue weighted by Gasteiger charge is -2.43. The maximum Gasteiger partial charge on any atom is 0.393 e. The molecule has 8 fully saturated rings. The number of alkyl halides is 4. The molecule has 5 aliphatic carbocycles. The van der Waals surface area contributed by atoms with Gasteiger partial charge in [0.15, 0.2) is 0 Å². The van der Waals surface area contributed by atoms with Crippen molar-refractivity contribution in [2.45, 2.75) is 293 Å².